The fourth-order valence-corrected chi connectivity index (χ4v) is 10.1. The number of rotatable bonds is 13. The molecule has 0 bridgehead atoms. The number of nitriles is 1. The first-order valence-electron chi connectivity index (χ1n) is 21.4. The van der Waals surface area contributed by atoms with Crippen LogP contribution >= 0.6 is 11.6 Å². The highest BCUT2D eigenvalue weighted by atomic mass is 35.5. The SMILES string of the molecule is CC1(C)CCC(CN2CCN(c3ccc(C(=O)NS(=O)(=O)c4ccc(NC[C@H]5CC[C@H](C#N)CC5)c([N+](=O)[O-])c4)c(Oc4cccc5[nH]ncc45)c3)CC2)=C(c2ccc(Cl)cc2)C1. The Bertz CT molecular complexity index is 2700. The number of sulfonamides is 1. The number of allylic oxidation sites excluding steroid dienone is 1. The van der Waals surface area contributed by atoms with Crippen molar-refractivity contribution in [2.45, 2.75) is 63.7 Å². The molecule has 8 rings (SSSR count). The molecule has 2 heterocycles. The maximum absolute atomic E-state index is 14.0. The monoisotopic (exact) mass is 890 g/mol. The first-order valence-corrected chi connectivity index (χ1v) is 23.3. The van der Waals surface area contributed by atoms with Crippen LogP contribution in [0.3, 0.4) is 0 Å². The van der Waals surface area contributed by atoms with E-state index < -0.39 is 31.4 Å². The van der Waals surface area contributed by atoms with Crippen molar-refractivity contribution < 1.29 is 22.9 Å². The molecule has 1 saturated carbocycles. The number of halogens is 1. The fourth-order valence-electron chi connectivity index (χ4n) is 8.99. The molecule has 328 valence electrons. The third-order valence-electron chi connectivity index (χ3n) is 12.7. The van der Waals surface area contributed by atoms with Gasteiger partial charge in [0.2, 0.25) is 0 Å². The molecule has 0 atom stereocenters. The number of hydrogen-bond donors (Lipinski definition) is 3. The molecule has 2 fully saturated rings. The van der Waals surface area contributed by atoms with Crippen LogP contribution in [0, 0.1) is 38.7 Å². The number of carbonyl (C=O) groups excluding carboxylic acids is 1. The zero-order valence-electron chi connectivity index (χ0n) is 35.4. The van der Waals surface area contributed by atoms with Crippen LogP contribution < -0.4 is 19.7 Å². The van der Waals surface area contributed by atoms with Gasteiger partial charge in [0.05, 0.1) is 38.6 Å². The highest BCUT2D eigenvalue weighted by Gasteiger charge is 2.31. The summed E-state index contributed by atoms with van der Waals surface area (Å²) in [5.74, 6) is -0.150. The van der Waals surface area contributed by atoms with Gasteiger partial charge in [0.25, 0.3) is 21.6 Å². The molecule has 0 unspecified atom stereocenters. The number of nitro benzene ring substituents is 1. The summed E-state index contributed by atoms with van der Waals surface area (Å²) in [7, 11) is -4.58. The van der Waals surface area contributed by atoms with Crippen molar-refractivity contribution in [3.05, 3.63) is 117 Å². The van der Waals surface area contributed by atoms with Gasteiger partial charge >= 0.3 is 0 Å². The van der Waals surface area contributed by atoms with Crippen molar-refractivity contribution >= 4 is 61.1 Å². The normalized spacial score (nSPS) is 19.4. The van der Waals surface area contributed by atoms with E-state index in [-0.39, 0.29) is 34.3 Å². The molecular formula is C47H51ClN8O6S. The van der Waals surface area contributed by atoms with E-state index in [1.165, 1.54) is 28.8 Å². The maximum atomic E-state index is 14.0. The minimum absolute atomic E-state index is 0.0296. The maximum Gasteiger partial charge on any atom is 0.293 e. The van der Waals surface area contributed by atoms with Gasteiger partial charge in [0.1, 0.15) is 17.2 Å². The average Bonchev–Trinajstić information content (AvgIpc) is 3.77. The van der Waals surface area contributed by atoms with Crippen LogP contribution in [-0.4, -0.2) is 73.6 Å². The van der Waals surface area contributed by atoms with Gasteiger partial charge in [-0.2, -0.15) is 10.4 Å². The van der Waals surface area contributed by atoms with E-state index in [1.54, 1.807) is 36.5 Å². The van der Waals surface area contributed by atoms with E-state index in [1.807, 2.05) is 18.2 Å². The zero-order valence-corrected chi connectivity index (χ0v) is 37.0. The van der Waals surface area contributed by atoms with Crippen LogP contribution in [0.15, 0.2) is 95.5 Å². The lowest BCUT2D eigenvalue weighted by atomic mass is 9.72. The molecule has 5 aromatic rings. The van der Waals surface area contributed by atoms with Gasteiger partial charge < -0.3 is 15.0 Å². The minimum Gasteiger partial charge on any atom is -0.456 e. The largest absolute Gasteiger partial charge is 0.456 e. The number of piperazine rings is 1. The number of H-pyrrole nitrogens is 1. The van der Waals surface area contributed by atoms with E-state index in [9.17, 15) is 28.6 Å². The van der Waals surface area contributed by atoms with Gasteiger partial charge in [0.15, 0.2) is 0 Å². The topological polar surface area (TPSA) is 187 Å². The van der Waals surface area contributed by atoms with E-state index in [2.05, 4.69) is 62.1 Å². The summed E-state index contributed by atoms with van der Waals surface area (Å²) < 4.78 is 36.0. The quantitative estimate of drug-likeness (QED) is 0.0755. The summed E-state index contributed by atoms with van der Waals surface area (Å²) in [5, 5.41) is 32.9. The molecule has 0 spiro atoms. The lowest BCUT2D eigenvalue weighted by molar-refractivity contribution is -0.384. The average molecular weight is 891 g/mol. The summed E-state index contributed by atoms with van der Waals surface area (Å²) >= 11 is 6.24. The van der Waals surface area contributed by atoms with Crippen molar-refractivity contribution in [2.75, 3.05) is 49.5 Å². The second-order valence-corrected chi connectivity index (χ2v) is 19.8. The van der Waals surface area contributed by atoms with Gasteiger partial charge in [-0.25, -0.2) is 13.1 Å². The number of carbonyl (C=O) groups is 1. The third kappa shape index (κ3) is 10.1. The molecule has 1 saturated heterocycles. The second-order valence-electron chi connectivity index (χ2n) is 17.7. The van der Waals surface area contributed by atoms with Crippen molar-refractivity contribution in [3.8, 4) is 17.6 Å². The Labute approximate surface area is 372 Å². The molecule has 4 aromatic carbocycles. The molecule has 0 radical (unpaired) electrons. The lowest BCUT2D eigenvalue weighted by Gasteiger charge is -2.39. The second kappa shape index (κ2) is 18.4. The number of aromatic amines is 1. The summed E-state index contributed by atoms with van der Waals surface area (Å²) in [5.41, 5.74) is 5.54. The van der Waals surface area contributed by atoms with Crippen LogP contribution in [0.25, 0.3) is 16.5 Å². The van der Waals surface area contributed by atoms with Gasteiger partial charge in [-0.15, -0.1) is 0 Å². The standard InChI is InChI=1S/C47H51ClN8O6S/c1-47(2)19-18-34(39(26-47)33-10-12-35(48)13-11-33)30-54-20-22-55(23-21-54)36-14-16-38(45(24-36)62-44-5-3-4-41-40(44)29-51-52-41)46(57)53-63(60,61)37-15-17-42(43(25-37)56(58)59)50-28-32-8-6-31(27-49)7-9-32/h3-5,10-17,24-25,29,31-32,50H,6-9,18-23,26,28,30H2,1-2H3,(H,51,52)(H,53,57)/t31-,32-. The van der Waals surface area contributed by atoms with Crippen LogP contribution in [0.4, 0.5) is 17.1 Å². The summed E-state index contributed by atoms with van der Waals surface area (Å²) in [4.78, 5) is 29.8. The van der Waals surface area contributed by atoms with Gasteiger partial charge in [0, 0.05) is 68.0 Å². The predicted octanol–water partition coefficient (Wildman–Crippen LogP) is 9.56. The number of ether oxygens (including phenoxy) is 1. The molecule has 14 nitrogen and oxygen atoms in total. The number of anilines is 2. The fraction of sp³-hybridized carbons (Fsp3) is 0.383. The Hall–Kier alpha value is -5.95. The molecule has 16 heteroatoms. The number of fused-ring (bicyclic) bond motifs is 1. The number of nitro groups is 1. The predicted molar refractivity (Wildman–Crippen MR) is 245 cm³/mol. The van der Waals surface area contributed by atoms with Crippen LogP contribution in [-0.2, 0) is 10.0 Å². The Kier molecular flexibility index (Phi) is 12.8. The lowest BCUT2D eigenvalue weighted by Crippen LogP contribution is -2.47. The highest BCUT2D eigenvalue weighted by Crippen LogP contribution is 2.44. The van der Waals surface area contributed by atoms with Crippen molar-refractivity contribution in [3.63, 3.8) is 0 Å². The molecule has 1 aliphatic heterocycles. The first-order chi connectivity index (χ1) is 30.2. The van der Waals surface area contributed by atoms with Crippen LogP contribution in [0.1, 0.15) is 74.7 Å². The minimum atomic E-state index is -4.58. The molecule has 1 amide bonds. The van der Waals surface area contributed by atoms with Gasteiger partial charge in [-0.1, -0.05) is 49.2 Å². The van der Waals surface area contributed by atoms with Crippen molar-refractivity contribution in [1.29, 1.82) is 5.26 Å². The number of aromatic nitrogens is 2. The number of amides is 1. The summed E-state index contributed by atoms with van der Waals surface area (Å²) in [6, 6.07) is 24.5. The molecule has 1 aromatic heterocycles. The van der Waals surface area contributed by atoms with E-state index in [4.69, 9.17) is 16.3 Å². The molecular weight excluding hydrogens is 840 g/mol. The number of nitrogens with zero attached hydrogens (tertiary/aromatic N) is 5. The van der Waals surface area contributed by atoms with Crippen LogP contribution in [0.5, 0.6) is 11.5 Å². The first kappa shape index (κ1) is 43.7. The van der Waals surface area contributed by atoms with E-state index in [0.29, 0.717) is 17.7 Å². The summed E-state index contributed by atoms with van der Waals surface area (Å²) in [6.45, 7) is 9.06. The molecule has 3 N–H and O–H groups in total. The number of benzene rings is 4. The van der Waals surface area contributed by atoms with Gasteiger partial charge in [-0.05, 0) is 116 Å². The molecule has 63 heavy (non-hydrogen) atoms. The number of hydrogen-bond acceptors (Lipinski definition) is 11. The molecule has 3 aliphatic rings. The summed E-state index contributed by atoms with van der Waals surface area (Å²) in [6.07, 6.45) is 8.00. The van der Waals surface area contributed by atoms with Gasteiger partial charge in [-0.3, -0.25) is 24.9 Å². The van der Waals surface area contributed by atoms with E-state index in [0.717, 1.165) is 100.0 Å². The number of nitrogens with one attached hydrogen (secondary N) is 3. The van der Waals surface area contributed by atoms with Crippen molar-refractivity contribution in [1.82, 2.24) is 19.8 Å². The Morgan fingerprint density at radius 2 is 1.78 bits per heavy atom. The van der Waals surface area contributed by atoms with Crippen molar-refractivity contribution in [2.24, 2.45) is 17.3 Å². The van der Waals surface area contributed by atoms with E-state index >= 15 is 0 Å². The molecule has 2 aliphatic carbocycles. The third-order valence-corrected chi connectivity index (χ3v) is 14.3. The van der Waals surface area contributed by atoms with Crippen LogP contribution in [0.2, 0.25) is 5.02 Å². The zero-order chi connectivity index (χ0) is 44.3. The Morgan fingerprint density at radius 3 is 2.51 bits per heavy atom. The Balaban J connectivity index is 0.999. The highest BCUT2D eigenvalue weighted by molar-refractivity contribution is 7.90. The Morgan fingerprint density at radius 1 is 1.02 bits per heavy atom. The smallest absolute Gasteiger partial charge is 0.293 e.